The first-order valence-electron chi connectivity index (χ1n) is 6.17. The predicted molar refractivity (Wildman–Crippen MR) is 67.7 cm³/mol. The molecule has 18 heavy (non-hydrogen) atoms. The zero-order chi connectivity index (χ0) is 13.1. The molecule has 1 saturated carbocycles. The first kappa shape index (κ1) is 12.6. The molecular formula is C14H17NO3. The predicted octanol–water partition coefficient (Wildman–Crippen LogP) is 2.26. The van der Waals surface area contributed by atoms with Crippen LogP contribution in [0, 0.1) is 5.92 Å². The maximum atomic E-state index is 12.1. The number of carboxylic acid groups (broad SMARTS) is 1. The number of carboxylic acids is 1. The molecule has 1 aromatic carbocycles. The zero-order valence-corrected chi connectivity index (χ0v) is 10.4. The summed E-state index contributed by atoms with van der Waals surface area (Å²) in [6.45, 7) is 0.760. The van der Waals surface area contributed by atoms with E-state index >= 15 is 0 Å². The molecule has 1 aromatic rings. The number of nitrogens with zero attached hydrogens (tertiary/aromatic N) is 1. The summed E-state index contributed by atoms with van der Waals surface area (Å²) < 4.78 is 0. The van der Waals surface area contributed by atoms with E-state index in [-0.39, 0.29) is 11.5 Å². The molecule has 0 radical (unpaired) electrons. The van der Waals surface area contributed by atoms with Gasteiger partial charge in [0.1, 0.15) is 0 Å². The number of benzene rings is 1. The Balaban J connectivity index is 2.07. The van der Waals surface area contributed by atoms with Gasteiger partial charge in [-0.3, -0.25) is 4.79 Å². The Kier molecular flexibility index (Phi) is 3.65. The van der Waals surface area contributed by atoms with Crippen LogP contribution in [0.3, 0.4) is 0 Å². The van der Waals surface area contributed by atoms with Crippen LogP contribution in [0.25, 0.3) is 0 Å². The minimum Gasteiger partial charge on any atom is -0.478 e. The van der Waals surface area contributed by atoms with Crippen LogP contribution in [0.2, 0.25) is 0 Å². The van der Waals surface area contributed by atoms with Gasteiger partial charge in [0.25, 0.3) is 5.91 Å². The summed E-state index contributed by atoms with van der Waals surface area (Å²) in [5, 5.41) is 8.90. The molecule has 1 aliphatic carbocycles. The van der Waals surface area contributed by atoms with E-state index in [2.05, 4.69) is 0 Å². The molecule has 0 unspecified atom stereocenters. The molecule has 1 fully saturated rings. The number of aromatic carboxylic acids is 1. The summed E-state index contributed by atoms with van der Waals surface area (Å²) in [5.41, 5.74) is 0.592. The van der Waals surface area contributed by atoms with Crippen molar-refractivity contribution < 1.29 is 14.7 Å². The van der Waals surface area contributed by atoms with Gasteiger partial charge in [-0.05, 0) is 37.0 Å². The zero-order valence-electron chi connectivity index (χ0n) is 10.4. The van der Waals surface area contributed by atoms with Crippen LogP contribution >= 0.6 is 0 Å². The molecule has 4 nitrogen and oxygen atoms in total. The van der Waals surface area contributed by atoms with Crippen LogP contribution in [-0.4, -0.2) is 35.5 Å². The van der Waals surface area contributed by atoms with Gasteiger partial charge < -0.3 is 10.0 Å². The Morgan fingerprint density at radius 2 is 2.00 bits per heavy atom. The van der Waals surface area contributed by atoms with Crippen LogP contribution < -0.4 is 0 Å². The molecule has 1 amide bonds. The van der Waals surface area contributed by atoms with Crippen LogP contribution in [0.15, 0.2) is 24.3 Å². The molecule has 0 atom stereocenters. The van der Waals surface area contributed by atoms with Gasteiger partial charge in [-0.15, -0.1) is 0 Å². The minimum absolute atomic E-state index is 0.106. The molecule has 2 rings (SSSR count). The van der Waals surface area contributed by atoms with Crippen molar-refractivity contribution in [2.75, 3.05) is 13.6 Å². The summed E-state index contributed by atoms with van der Waals surface area (Å²) in [7, 11) is 1.77. The van der Waals surface area contributed by atoms with Crippen LogP contribution in [-0.2, 0) is 0 Å². The summed E-state index contributed by atoms with van der Waals surface area (Å²) in [6.07, 6.45) is 3.63. The Morgan fingerprint density at radius 1 is 1.33 bits per heavy atom. The third kappa shape index (κ3) is 2.70. The lowest BCUT2D eigenvalue weighted by molar-refractivity contribution is 0.0697. The van der Waals surface area contributed by atoms with Gasteiger partial charge in [0.15, 0.2) is 0 Å². The highest BCUT2D eigenvalue weighted by Crippen LogP contribution is 2.27. The lowest BCUT2D eigenvalue weighted by atomic mass is 9.85. The fourth-order valence-electron chi connectivity index (χ4n) is 2.15. The first-order chi connectivity index (χ1) is 8.58. The van der Waals surface area contributed by atoms with Gasteiger partial charge in [0.2, 0.25) is 0 Å². The number of hydrogen-bond donors (Lipinski definition) is 1. The van der Waals surface area contributed by atoms with Crippen molar-refractivity contribution in [3.05, 3.63) is 35.4 Å². The highest BCUT2D eigenvalue weighted by molar-refractivity contribution is 5.97. The maximum Gasteiger partial charge on any atom is 0.335 e. The first-order valence-corrected chi connectivity index (χ1v) is 6.17. The number of carbonyl (C=O) groups excluding carboxylic acids is 1. The Hall–Kier alpha value is -1.84. The molecule has 0 aromatic heterocycles. The lowest BCUT2D eigenvalue weighted by Gasteiger charge is -2.30. The molecule has 0 spiro atoms. The molecule has 0 aliphatic heterocycles. The molecule has 0 saturated heterocycles. The van der Waals surface area contributed by atoms with Crippen LogP contribution in [0.4, 0.5) is 0 Å². The van der Waals surface area contributed by atoms with Crippen molar-refractivity contribution in [2.24, 2.45) is 5.92 Å². The van der Waals surface area contributed by atoms with Gasteiger partial charge in [-0.25, -0.2) is 4.79 Å². The average molecular weight is 247 g/mol. The fraction of sp³-hybridized carbons (Fsp3) is 0.429. The second-order valence-corrected chi connectivity index (χ2v) is 4.87. The second-order valence-electron chi connectivity index (χ2n) is 4.87. The van der Waals surface area contributed by atoms with E-state index in [1.54, 1.807) is 24.1 Å². The van der Waals surface area contributed by atoms with Gasteiger partial charge >= 0.3 is 5.97 Å². The summed E-state index contributed by atoms with van der Waals surface area (Å²) >= 11 is 0. The van der Waals surface area contributed by atoms with E-state index in [0.717, 1.165) is 6.54 Å². The smallest absolute Gasteiger partial charge is 0.335 e. The van der Waals surface area contributed by atoms with Crippen molar-refractivity contribution in [3.63, 3.8) is 0 Å². The molecule has 1 aliphatic rings. The lowest BCUT2D eigenvalue weighted by Crippen LogP contribution is -2.34. The summed E-state index contributed by atoms with van der Waals surface area (Å²) in [5.74, 6) is -0.502. The molecule has 4 heteroatoms. The van der Waals surface area contributed by atoms with E-state index in [1.165, 1.54) is 31.4 Å². The standard InChI is InChI=1S/C14H17NO3/c1-15(9-10-4-2-5-10)13(16)11-6-3-7-12(8-11)14(17)18/h3,6-8,10H,2,4-5,9H2,1H3,(H,17,18). The maximum absolute atomic E-state index is 12.1. The molecule has 96 valence electrons. The van der Waals surface area contributed by atoms with Gasteiger partial charge in [-0.2, -0.15) is 0 Å². The van der Waals surface area contributed by atoms with Crippen LogP contribution in [0.1, 0.15) is 40.0 Å². The third-order valence-corrected chi connectivity index (χ3v) is 3.46. The quantitative estimate of drug-likeness (QED) is 0.887. The highest BCUT2D eigenvalue weighted by Gasteiger charge is 2.22. The molecule has 1 N–H and O–H groups in total. The van der Waals surface area contributed by atoms with Crippen molar-refractivity contribution in [2.45, 2.75) is 19.3 Å². The largest absolute Gasteiger partial charge is 0.478 e. The Morgan fingerprint density at radius 3 is 2.56 bits per heavy atom. The summed E-state index contributed by atoms with van der Waals surface area (Å²) in [4.78, 5) is 24.7. The molecular weight excluding hydrogens is 230 g/mol. The number of hydrogen-bond acceptors (Lipinski definition) is 2. The van der Waals surface area contributed by atoms with Gasteiger partial charge in [0, 0.05) is 19.2 Å². The van der Waals surface area contributed by atoms with Crippen molar-refractivity contribution in [1.29, 1.82) is 0 Å². The van der Waals surface area contributed by atoms with E-state index in [1.807, 2.05) is 0 Å². The van der Waals surface area contributed by atoms with Gasteiger partial charge in [0.05, 0.1) is 5.56 Å². The van der Waals surface area contributed by atoms with E-state index in [0.29, 0.717) is 11.5 Å². The number of amides is 1. The number of carbonyl (C=O) groups is 2. The van der Waals surface area contributed by atoms with Crippen LogP contribution in [0.5, 0.6) is 0 Å². The molecule has 0 bridgehead atoms. The Bertz CT molecular complexity index is 466. The minimum atomic E-state index is -1.01. The Labute approximate surface area is 106 Å². The van der Waals surface area contributed by atoms with Crippen molar-refractivity contribution >= 4 is 11.9 Å². The number of rotatable bonds is 4. The van der Waals surface area contributed by atoms with Gasteiger partial charge in [-0.1, -0.05) is 12.5 Å². The fourth-order valence-corrected chi connectivity index (χ4v) is 2.15. The van der Waals surface area contributed by atoms with E-state index in [9.17, 15) is 9.59 Å². The third-order valence-electron chi connectivity index (χ3n) is 3.46. The van der Waals surface area contributed by atoms with Crippen molar-refractivity contribution in [3.8, 4) is 0 Å². The second kappa shape index (κ2) is 5.21. The molecule has 0 heterocycles. The van der Waals surface area contributed by atoms with E-state index in [4.69, 9.17) is 5.11 Å². The monoisotopic (exact) mass is 247 g/mol. The van der Waals surface area contributed by atoms with Crippen molar-refractivity contribution in [1.82, 2.24) is 4.90 Å². The topological polar surface area (TPSA) is 57.6 Å². The SMILES string of the molecule is CN(CC1CCC1)C(=O)c1cccc(C(=O)O)c1. The highest BCUT2D eigenvalue weighted by atomic mass is 16.4. The normalized spacial score (nSPS) is 14.9. The van der Waals surface area contributed by atoms with E-state index < -0.39 is 5.97 Å². The average Bonchev–Trinajstić information content (AvgIpc) is 2.32. The summed E-state index contributed by atoms with van der Waals surface area (Å²) in [6, 6.07) is 6.19.